The van der Waals surface area contributed by atoms with Crippen molar-refractivity contribution in [1.82, 2.24) is 15.0 Å². The van der Waals surface area contributed by atoms with Gasteiger partial charge in [-0.15, -0.1) is 0 Å². The van der Waals surface area contributed by atoms with E-state index in [0.29, 0.717) is 11.3 Å². The van der Waals surface area contributed by atoms with Gasteiger partial charge in [-0.05, 0) is 43.2 Å². The molecule has 0 fully saturated rings. The van der Waals surface area contributed by atoms with E-state index < -0.39 is 15.9 Å². The fraction of sp³-hybridized carbons (Fsp3) is 0.130. The van der Waals surface area contributed by atoms with Crippen LogP contribution < -0.4 is 14.8 Å². The molecule has 4 aromatic rings. The van der Waals surface area contributed by atoms with Gasteiger partial charge in [0.25, 0.3) is 15.9 Å². The minimum atomic E-state index is -4.09. The number of methoxy groups -OCH3 is 1. The second kappa shape index (κ2) is 9.32. The molecule has 0 aliphatic heterocycles. The fourth-order valence-corrected chi connectivity index (χ4v) is 4.55. The van der Waals surface area contributed by atoms with Crippen molar-refractivity contribution in [3.63, 3.8) is 0 Å². The van der Waals surface area contributed by atoms with E-state index in [9.17, 15) is 13.2 Å². The number of benzene rings is 1. The highest BCUT2D eigenvalue weighted by atomic mass is 32.2. The van der Waals surface area contributed by atoms with E-state index in [2.05, 4.69) is 25.0 Å². The molecule has 174 valence electrons. The Balaban J connectivity index is 1.60. The monoisotopic (exact) mass is 479 g/mol. The van der Waals surface area contributed by atoms with Crippen molar-refractivity contribution in [1.29, 1.82) is 0 Å². The highest BCUT2D eigenvalue weighted by Crippen LogP contribution is 2.29. The van der Waals surface area contributed by atoms with Gasteiger partial charge in [-0.25, -0.2) is 18.4 Å². The molecule has 0 aliphatic rings. The minimum Gasteiger partial charge on any atom is -0.480 e. The summed E-state index contributed by atoms with van der Waals surface area (Å²) in [5.41, 5.74) is 2.74. The van der Waals surface area contributed by atoms with Gasteiger partial charge in [0.15, 0.2) is 10.6 Å². The standard InChI is InChI=1S/C23H21N5O5S/c1-14-6-4-7-15(2)20(14)28-34(30,31)19-10-17(12-25-23(19)32-3)26-21(29)18-13-33-22(27-18)16-8-5-9-24-11-16/h4-13,28H,1-3H3,(H,26,29). The number of hydrogen-bond acceptors (Lipinski definition) is 8. The number of carbonyl (C=O) groups is 1. The Labute approximate surface area is 196 Å². The van der Waals surface area contributed by atoms with Crippen LogP contribution in [0.5, 0.6) is 5.88 Å². The number of aryl methyl sites for hydroxylation is 2. The van der Waals surface area contributed by atoms with Crippen molar-refractivity contribution in [3.8, 4) is 17.3 Å². The van der Waals surface area contributed by atoms with Crippen molar-refractivity contribution >= 4 is 27.3 Å². The number of sulfonamides is 1. The van der Waals surface area contributed by atoms with Crippen LogP contribution >= 0.6 is 0 Å². The molecule has 34 heavy (non-hydrogen) atoms. The lowest BCUT2D eigenvalue weighted by atomic mass is 10.1. The number of amides is 1. The number of nitrogens with one attached hydrogen (secondary N) is 2. The molecule has 10 nitrogen and oxygen atoms in total. The van der Waals surface area contributed by atoms with E-state index in [1.165, 1.54) is 25.6 Å². The quantitative estimate of drug-likeness (QED) is 0.408. The summed E-state index contributed by atoms with van der Waals surface area (Å²) in [6.07, 6.45) is 5.66. The minimum absolute atomic E-state index is 0.00717. The van der Waals surface area contributed by atoms with Crippen LogP contribution in [0.25, 0.3) is 11.5 Å². The number of aromatic nitrogens is 3. The molecular weight excluding hydrogens is 458 g/mol. The second-order valence-electron chi connectivity index (χ2n) is 7.34. The third kappa shape index (κ3) is 4.74. The van der Waals surface area contributed by atoms with Crippen molar-refractivity contribution in [2.75, 3.05) is 17.1 Å². The second-order valence-corrected chi connectivity index (χ2v) is 8.99. The zero-order valence-electron chi connectivity index (χ0n) is 18.6. The summed E-state index contributed by atoms with van der Waals surface area (Å²) >= 11 is 0. The average Bonchev–Trinajstić information content (AvgIpc) is 3.33. The molecular formula is C23H21N5O5S. The Morgan fingerprint density at radius 3 is 2.53 bits per heavy atom. The number of ether oxygens (including phenoxy) is 1. The SMILES string of the molecule is COc1ncc(NC(=O)c2coc(-c3cccnc3)n2)cc1S(=O)(=O)Nc1c(C)cccc1C. The average molecular weight is 480 g/mol. The van der Waals surface area contributed by atoms with Gasteiger partial charge in [0, 0.05) is 12.4 Å². The number of rotatable bonds is 7. The number of anilines is 2. The lowest BCUT2D eigenvalue weighted by Crippen LogP contribution is -2.18. The Kier molecular flexibility index (Phi) is 6.28. The molecule has 4 rings (SSSR count). The Hall–Kier alpha value is -4.25. The molecule has 0 spiro atoms. The maximum atomic E-state index is 13.2. The summed E-state index contributed by atoms with van der Waals surface area (Å²) in [5.74, 6) is -0.485. The van der Waals surface area contributed by atoms with Crippen molar-refractivity contribution in [2.45, 2.75) is 18.7 Å². The van der Waals surface area contributed by atoms with E-state index in [-0.39, 0.29) is 28.0 Å². The van der Waals surface area contributed by atoms with E-state index in [4.69, 9.17) is 9.15 Å². The first-order chi connectivity index (χ1) is 16.3. The number of oxazole rings is 1. The van der Waals surface area contributed by atoms with Crippen LogP contribution in [0.4, 0.5) is 11.4 Å². The van der Waals surface area contributed by atoms with Gasteiger partial charge < -0.3 is 14.5 Å². The Bertz CT molecular complexity index is 1430. The molecule has 2 N–H and O–H groups in total. The van der Waals surface area contributed by atoms with E-state index >= 15 is 0 Å². The van der Waals surface area contributed by atoms with Gasteiger partial charge in [0.1, 0.15) is 6.26 Å². The molecule has 3 heterocycles. The molecule has 1 amide bonds. The predicted molar refractivity (Wildman–Crippen MR) is 125 cm³/mol. The molecule has 0 saturated carbocycles. The first-order valence-electron chi connectivity index (χ1n) is 10.1. The first-order valence-corrected chi connectivity index (χ1v) is 11.6. The number of nitrogens with zero attached hydrogens (tertiary/aromatic N) is 3. The van der Waals surface area contributed by atoms with E-state index in [0.717, 1.165) is 11.1 Å². The van der Waals surface area contributed by atoms with Crippen molar-refractivity contribution in [2.24, 2.45) is 0 Å². The smallest absolute Gasteiger partial charge is 0.277 e. The molecule has 11 heteroatoms. The van der Waals surface area contributed by atoms with Crippen LogP contribution in [-0.4, -0.2) is 36.4 Å². The number of carbonyl (C=O) groups excluding carboxylic acids is 1. The van der Waals surface area contributed by atoms with Gasteiger partial charge in [-0.1, -0.05) is 18.2 Å². The molecule has 0 saturated heterocycles. The maximum Gasteiger partial charge on any atom is 0.277 e. The molecule has 0 aliphatic carbocycles. The first kappa shape index (κ1) is 22.9. The van der Waals surface area contributed by atoms with Gasteiger partial charge in [-0.3, -0.25) is 14.5 Å². The third-order valence-corrected chi connectivity index (χ3v) is 6.27. The molecule has 0 bridgehead atoms. The van der Waals surface area contributed by atoms with E-state index in [1.54, 1.807) is 50.5 Å². The predicted octanol–water partition coefficient (Wildman–Crippen LogP) is 3.81. The molecule has 0 atom stereocenters. The summed E-state index contributed by atoms with van der Waals surface area (Å²) < 4.78 is 39.4. The highest BCUT2D eigenvalue weighted by molar-refractivity contribution is 7.92. The van der Waals surface area contributed by atoms with E-state index in [1.807, 2.05) is 6.07 Å². The van der Waals surface area contributed by atoms with Crippen LogP contribution in [-0.2, 0) is 10.0 Å². The zero-order valence-corrected chi connectivity index (χ0v) is 19.4. The fourth-order valence-electron chi connectivity index (χ4n) is 3.21. The van der Waals surface area contributed by atoms with Crippen molar-refractivity contribution in [3.05, 3.63) is 78.1 Å². The van der Waals surface area contributed by atoms with Gasteiger partial charge in [-0.2, -0.15) is 0 Å². The number of para-hydroxylation sites is 1. The molecule has 1 aromatic carbocycles. The van der Waals surface area contributed by atoms with Gasteiger partial charge in [0.2, 0.25) is 11.8 Å². The lowest BCUT2D eigenvalue weighted by molar-refractivity contribution is 0.102. The van der Waals surface area contributed by atoms with Crippen LogP contribution in [0.3, 0.4) is 0 Å². The molecule has 0 radical (unpaired) electrons. The normalized spacial score (nSPS) is 11.1. The summed E-state index contributed by atoms with van der Waals surface area (Å²) in [4.78, 5) is 24.6. The third-order valence-electron chi connectivity index (χ3n) is 4.92. The Morgan fingerprint density at radius 2 is 1.85 bits per heavy atom. The van der Waals surface area contributed by atoms with Gasteiger partial charge in [0.05, 0.1) is 30.2 Å². The van der Waals surface area contributed by atoms with Crippen molar-refractivity contribution < 1.29 is 22.4 Å². The largest absolute Gasteiger partial charge is 0.480 e. The summed E-state index contributed by atoms with van der Waals surface area (Å²) in [6, 6.07) is 10.2. The summed E-state index contributed by atoms with van der Waals surface area (Å²) in [6.45, 7) is 3.60. The Morgan fingerprint density at radius 1 is 1.09 bits per heavy atom. The van der Waals surface area contributed by atoms with Crippen LogP contribution in [0.15, 0.2) is 70.6 Å². The van der Waals surface area contributed by atoms with Crippen LogP contribution in [0.2, 0.25) is 0 Å². The highest BCUT2D eigenvalue weighted by Gasteiger charge is 2.24. The van der Waals surface area contributed by atoms with Crippen LogP contribution in [0, 0.1) is 13.8 Å². The zero-order chi connectivity index (χ0) is 24.3. The maximum absolute atomic E-state index is 13.2. The topological polar surface area (TPSA) is 136 Å². The summed E-state index contributed by atoms with van der Waals surface area (Å²) in [7, 11) is -2.77. The lowest BCUT2D eigenvalue weighted by Gasteiger charge is -2.15. The van der Waals surface area contributed by atoms with Crippen LogP contribution in [0.1, 0.15) is 21.6 Å². The van der Waals surface area contributed by atoms with Gasteiger partial charge >= 0.3 is 0 Å². The number of hydrogen-bond donors (Lipinski definition) is 2. The number of pyridine rings is 2. The molecule has 3 aromatic heterocycles. The summed E-state index contributed by atoms with van der Waals surface area (Å²) in [5, 5.41) is 2.59. The molecule has 0 unspecified atom stereocenters.